The standard InChI is InChI=1S/C12H13ClN2O/c13-12-5-10(2-1-9(12)7-15)16-11-3-8(4-11)6-14/h1-2,5,8,11H,3-4,6,14H2. The lowest BCUT2D eigenvalue weighted by Gasteiger charge is -2.34. The third-order valence-corrected chi connectivity index (χ3v) is 3.20. The highest BCUT2D eigenvalue weighted by atomic mass is 35.5. The molecule has 3 nitrogen and oxygen atoms in total. The van der Waals surface area contributed by atoms with Gasteiger partial charge < -0.3 is 10.5 Å². The van der Waals surface area contributed by atoms with E-state index in [0.717, 1.165) is 25.1 Å². The Bertz CT molecular complexity index is 422. The molecule has 0 amide bonds. The fourth-order valence-electron chi connectivity index (χ4n) is 1.82. The van der Waals surface area contributed by atoms with E-state index < -0.39 is 0 Å². The molecule has 2 N–H and O–H groups in total. The summed E-state index contributed by atoms with van der Waals surface area (Å²) in [5.74, 6) is 1.32. The maximum absolute atomic E-state index is 8.73. The van der Waals surface area contributed by atoms with Crippen molar-refractivity contribution in [2.24, 2.45) is 11.7 Å². The van der Waals surface area contributed by atoms with E-state index in [-0.39, 0.29) is 6.10 Å². The maximum atomic E-state index is 8.73. The number of hydrogen-bond donors (Lipinski definition) is 1. The first-order chi connectivity index (χ1) is 7.72. The highest BCUT2D eigenvalue weighted by Crippen LogP contribution is 2.31. The van der Waals surface area contributed by atoms with Gasteiger partial charge in [-0.2, -0.15) is 5.26 Å². The Morgan fingerprint density at radius 2 is 2.25 bits per heavy atom. The molecule has 0 aliphatic heterocycles. The van der Waals surface area contributed by atoms with Gasteiger partial charge in [0.2, 0.25) is 0 Å². The van der Waals surface area contributed by atoms with Crippen LogP contribution in [-0.2, 0) is 0 Å². The molecule has 84 valence electrons. The van der Waals surface area contributed by atoms with Crippen molar-refractivity contribution >= 4 is 11.6 Å². The summed E-state index contributed by atoms with van der Waals surface area (Å²) in [6, 6.07) is 7.16. The number of nitrogens with zero attached hydrogens (tertiary/aromatic N) is 1. The second-order valence-electron chi connectivity index (χ2n) is 4.07. The Labute approximate surface area is 99.8 Å². The van der Waals surface area contributed by atoms with Gasteiger partial charge in [-0.05, 0) is 37.4 Å². The van der Waals surface area contributed by atoms with Gasteiger partial charge in [-0.3, -0.25) is 0 Å². The molecule has 1 aliphatic carbocycles. The van der Waals surface area contributed by atoms with E-state index in [0.29, 0.717) is 16.5 Å². The van der Waals surface area contributed by atoms with Crippen LogP contribution in [0.4, 0.5) is 0 Å². The van der Waals surface area contributed by atoms with E-state index in [1.165, 1.54) is 0 Å². The molecule has 1 aliphatic rings. The average molecular weight is 237 g/mol. The molecule has 1 saturated carbocycles. The number of rotatable bonds is 3. The van der Waals surface area contributed by atoms with Crippen molar-refractivity contribution in [1.82, 2.24) is 0 Å². The first-order valence-electron chi connectivity index (χ1n) is 5.29. The van der Waals surface area contributed by atoms with E-state index in [1.54, 1.807) is 18.2 Å². The average Bonchev–Trinajstić information content (AvgIpc) is 2.23. The summed E-state index contributed by atoms with van der Waals surface area (Å²) >= 11 is 5.91. The van der Waals surface area contributed by atoms with Crippen molar-refractivity contribution in [3.63, 3.8) is 0 Å². The summed E-state index contributed by atoms with van der Waals surface area (Å²) in [6.45, 7) is 0.730. The van der Waals surface area contributed by atoms with Crippen LogP contribution in [0, 0.1) is 17.2 Å². The van der Waals surface area contributed by atoms with Gasteiger partial charge in [0.05, 0.1) is 16.7 Å². The van der Waals surface area contributed by atoms with Crippen LogP contribution in [0.3, 0.4) is 0 Å². The molecule has 0 saturated heterocycles. The lowest BCUT2D eigenvalue weighted by atomic mass is 9.82. The lowest BCUT2D eigenvalue weighted by Crippen LogP contribution is -2.37. The van der Waals surface area contributed by atoms with E-state index >= 15 is 0 Å². The minimum Gasteiger partial charge on any atom is -0.490 e. The van der Waals surface area contributed by atoms with Crippen molar-refractivity contribution in [1.29, 1.82) is 5.26 Å². The van der Waals surface area contributed by atoms with Crippen LogP contribution < -0.4 is 10.5 Å². The molecular weight excluding hydrogens is 224 g/mol. The number of benzene rings is 1. The molecular formula is C12H13ClN2O. The van der Waals surface area contributed by atoms with Gasteiger partial charge in [-0.25, -0.2) is 0 Å². The van der Waals surface area contributed by atoms with Crippen molar-refractivity contribution in [3.05, 3.63) is 28.8 Å². The molecule has 0 unspecified atom stereocenters. The Hall–Kier alpha value is -1.24. The van der Waals surface area contributed by atoms with Gasteiger partial charge >= 0.3 is 0 Å². The molecule has 1 fully saturated rings. The Kier molecular flexibility index (Phi) is 3.33. The fourth-order valence-corrected chi connectivity index (χ4v) is 2.03. The molecule has 0 atom stereocenters. The van der Waals surface area contributed by atoms with E-state index in [2.05, 4.69) is 0 Å². The van der Waals surface area contributed by atoms with Gasteiger partial charge in [-0.15, -0.1) is 0 Å². The molecule has 0 bridgehead atoms. The molecule has 0 aromatic heterocycles. The smallest absolute Gasteiger partial charge is 0.121 e. The SMILES string of the molecule is N#Cc1ccc(OC2CC(CN)C2)cc1Cl. The summed E-state index contributed by atoms with van der Waals surface area (Å²) in [7, 11) is 0. The first-order valence-corrected chi connectivity index (χ1v) is 5.67. The number of nitriles is 1. The second kappa shape index (κ2) is 4.73. The minimum atomic E-state index is 0.248. The molecule has 0 heterocycles. The van der Waals surface area contributed by atoms with Crippen molar-refractivity contribution in [2.75, 3.05) is 6.54 Å². The Balaban J connectivity index is 1.96. The Morgan fingerprint density at radius 3 is 2.81 bits per heavy atom. The van der Waals surface area contributed by atoms with Crippen LogP contribution >= 0.6 is 11.6 Å². The summed E-state index contributed by atoms with van der Waals surface area (Å²) < 4.78 is 5.71. The highest BCUT2D eigenvalue weighted by Gasteiger charge is 2.29. The maximum Gasteiger partial charge on any atom is 0.121 e. The molecule has 1 aromatic carbocycles. The van der Waals surface area contributed by atoms with Crippen LogP contribution in [0.25, 0.3) is 0 Å². The third-order valence-electron chi connectivity index (χ3n) is 2.89. The van der Waals surface area contributed by atoms with Crippen LogP contribution in [-0.4, -0.2) is 12.6 Å². The monoisotopic (exact) mass is 236 g/mol. The van der Waals surface area contributed by atoms with Crippen molar-refractivity contribution in [2.45, 2.75) is 18.9 Å². The van der Waals surface area contributed by atoms with Gasteiger partial charge in [0.1, 0.15) is 11.8 Å². The van der Waals surface area contributed by atoms with E-state index in [1.807, 2.05) is 6.07 Å². The zero-order valence-corrected chi connectivity index (χ0v) is 9.57. The highest BCUT2D eigenvalue weighted by molar-refractivity contribution is 6.31. The van der Waals surface area contributed by atoms with Crippen LogP contribution in [0.2, 0.25) is 5.02 Å². The predicted molar refractivity (Wildman–Crippen MR) is 62.4 cm³/mol. The number of ether oxygens (including phenoxy) is 1. The third kappa shape index (κ3) is 2.29. The summed E-state index contributed by atoms with van der Waals surface area (Å²) in [5.41, 5.74) is 6.01. The van der Waals surface area contributed by atoms with Crippen LogP contribution in [0.5, 0.6) is 5.75 Å². The summed E-state index contributed by atoms with van der Waals surface area (Å²) in [6.07, 6.45) is 2.26. The number of nitrogens with two attached hydrogens (primary N) is 1. The van der Waals surface area contributed by atoms with Gasteiger partial charge in [-0.1, -0.05) is 11.6 Å². The van der Waals surface area contributed by atoms with Crippen LogP contribution in [0.15, 0.2) is 18.2 Å². The van der Waals surface area contributed by atoms with E-state index in [9.17, 15) is 0 Å². The zero-order valence-electron chi connectivity index (χ0n) is 8.82. The number of halogens is 1. The number of hydrogen-bond acceptors (Lipinski definition) is 3. The quantitative estimate of drug-likeness (QED) is 0.876. The topological polar surface area (TPSA) is 59.0 Å². The molecule has 16 heavy (non-hydrogen) atoms. The largest absolute Gasteiger partial charge is 0.490 e. The molecule has 0 spiro atoms. The van der Waals surface area contributed by atoms with Gasteiger partial charge in [0.25, 0.3) is 0 Å². The van der Waals surface area contributed by atoms with Crippen molar-refractivity contribution in [3.8, 4) is 11.8 Å². The Morgan fingerprint density at radius 1 is 1.50 bits per heavy atom. The lowest BCUT2D eigenvalue weighted by molar-refractivity contribution is 0.0690. The molecule has 4 heteroatoms. The molecule has 2 rings (SSSR count). The van der Waals surface area contributed by atoms with Crippen molar-refractivity contribution < 1.29 is 4.74 Å². The van der Waals surface area contributed by atoms with Gasteiger partial charge in [0, 0.05) is 6.07 Å². The first kappa shape index (κ1) is 11.3. The normalized spacial score (nSPS) is 23.3. The molecule has 1 aromatic rings. The summed E-state index contributed by atoms with van der Waals surface area (Å²) in [5, 5.41) is 9.17. The zero-order chi connectivity index (χ0) is 11.5. The molecule has 0 radical (unpaired) electrons. The predicted octanol–water partition coefficient (Wildman–Crippen LogP) is 2.33. The van der Waals surface area contributed by atoms with Crippen LogP contribution in [0.1, 0.15) is 18.4 Å². The summed E-state index contributed by atoms with van der Waals surface area (Å²) in [4.78, 5) is 0. The fraction of sp³-hybridized carbons (Fsp3) is 0.417. The second-order valence-corrected chi connectivity index (χ2v) is 4.47. The minimum absolute atomic E-state index is 0.248. The van der Waals surface area contributed by atoms with Gasteiger partial charge in [0.15, 0.2) is 0 Å². The van der Waals surface area contributed by atoms with E-state index in [4.69, 9.17) is 27.3 Å².